The molecule has 1 saturated heterocycles. The highest BCUT2D eigenvalue weighted by molar-refractivity contribution is 6.62. The molecule has 0 bridgehead atoms. The van der Waals surface area contributed by atoms with Gasteiger partial charge in [-0.15, -0.1) is 0 Å². The summed E-state index contributed by atoms with van der Waals surface area (Å²) in [5, 5.41) is 9.28. The first-order valence-electron chi connectivity index (χ1n) is 7.28. The van der Waals surface area contributed by atoms with Crippen molar-refractivity contribution < 1.29 is 13.7 Å². The third-order valence-corrected chi connectivity index (χ3v) is 5.02. The molecule has 0 unspecified atom stereocenters. The zero-order chi connectivity index (χ0) is 15.5. The largest absolute Gasteiger partial charge is 0.497 e. The first kappa shape index (κ1) is 14.6. The first-order valence-corrected chi connectivity index (χ1v) is 7.28. The van der Waals surface area contributed by atoms with Gasteiger partial charge in [0.25, 0.3) is 0 Å². The van der Waals surface area contributed by atoms with Crippen LogP contribution in [0.25, 0.3) is 0 Å². The fourth-order valence-electron chi connectivity index (χ4n) is 2.64. The Kier molecular flexibility index (Phi) is 2.99. The second-order valence-corrected chi connectivity index (χ2v) is 6.99. The lowest BCUT2D eigenvalue weighted by molar-refractivity contribution is 0.00578. The number of halogens is 1. The molecule has 5 heteroatoms. The van der Waals surface area contributed by atoms with Gasteiger partial charge in [0, 0.05) is 11.0 Å². The van der Waals surface area contributed by atoms with Crippen LogP contribution in [-0.4, -0.2) is 18.3 Å². The smallest absolute Gasteiger partial charge is 0.399 e. The summed E-state index contributed by atoms with van der Waals surface area (Å²) in [6.07, 6.45) is 1.43. The molecule has 0 atom stereocenters. The average molecular weight is 287 g/mol. The number of hydrogen-bond donors (Lipinski definition) is 0. The summed E-state index contributed by atoms with van der Waals surface area (Å²) in [5.41, 5.74) is -0.812. The highest BCUT2D eigenvalue weighted by Gasteiger charge is 2.53. The molecule has 0 N–H and O–H groups in total. The minimum absolute atomic E-state index is 0.366. The van der Waals surface area contributed by atoms with Crippen LogP contribution in [0, 0.1) is 17.1 Å². The van der Waals surface area contributed by atoms with Gasteiger partial charge in [-0.2, -0.15) is 5.26 Å². The molecule has 0 amide bonds. The molecule has 1 aliphatic carbocycles. The van der Waals surface area contributed by atoms with E-state index in [0.717, 1.165) is 0 Å². The first-order chi connectivity index (χ1) is 9.72. The van der Waals surface area contributed by atoms with E-state index in [4.69, 9.17) is 9.31 Å². The predicted molar refractivity (Wildman–Crippen MR) is 78.6 cm³/mol. The van der Waals surface area contributed by atoms with Crippen molar-refractivity contribution in [2.45, 2.75) is 57.2 Å². The molecule has 1 aromatic rings. The van der Waals surface area contributed by atoms with Crippen molar-refractivity contribution in [3.63, 3.8) is 0 Å². The molecule has 21 heavy (non-hydrogen) atoms. The zero-order valence-electron chi connectivity index (χ0n) is 12.9. The van der Waals surface area contributed by atoms with Crippen LogP contribution in [0.4, 0.5) is 4.39 Å². The van der Waals surface area contributed by atoms with E-state index in [9.17, 15) is 9.65 Å². The summed E-state index contributed by atoms with van der Waals surface area (Å²) in [6, 6.07) is 7.38. The Morgan fingerprint density at radius 3 is 2.19 bits per heavy atom. The lowest BCUT2D eigenvalue weighted by Gasteiger charge is -2.32. The topological polar surface area (TPSA) is 42.2 Å². The van der Waals surface area contributed by atoms with Gasteiger partial charge in [-0.05, 0) is 40.5 Å². The van der Waals surface area contributed by atoms with E-state index in [1.807, 2.05) is 27.7 Å². The zero-order valence-corrected chi connectivity index (χ0v) is 12.9. The van der Waals surface area contributed by atoms with Crippen LogP contribution in [0.15, 0.2) is 18.2 Å². The minimum Gasteiger partial charge on any atom is -0.399 e. The minimum atomic E-state index is -0.732. The Balaban J connectivity index is 1.99. The average Bonchev–Trinajstić information content (AvgIpc) is 3.14. The number of rotatable bonds is 2. The van der Waals surface area contributed by atoms with E-state index >= 15 is 0 Å². The monoisotopic (exact) mass is 287 g/mol. The Labute approximate surface area is 125 Å². The summed E-state index contributed by atoms with van der Waals surface area (Å²) in [4.78, 5) is 0. The van der Waals surface area contributed by atoms with Crippen LogP contribution in [0.2, 0.25) is 0 Å². The second-order valence-electron chi connectivity index (χ2n) is 6.99. The van der Waals surface area contributed by atoms with Crippen LogP contribution < -0.4 is 5.46 Å². The molecule has 1 aliphatic heterocycles. The van der Waals surface area contributed by atoms with Gasteiger partial charge in [-0.25, -0.2) is 4.39 Å². The van der Waals surface area contributed by atoms with Gasteiger partial charge in [0.15, 0.2) is 0 Å². The van der Waals surface area contributed by atoms with Crippen molar-refractivity contribution in [2.24, 2.45) is 0 Å². The molecule has 2 fully saturated rings. The normalized spacial score (nSPS) is 24.7. The number of nitriles is 1. The highest BCUT2D eigenvalue weighted by atomic mass is 19.1. The molecule has 3 nitrogen and oxygen atoms in total. The molecule has 2 aliphatic rings. The standard InChI is InChI=1S/C16H19BFNO2/c1-14(2)15(3,4)21-17(20-14)12-7-5-6-11(13(12)18)16(10-19)8-9-16/h5-7H,8-9H2,1-4H3. The van der Waals surface area contributed by atoms with Crippen molar-refractivity contribution in [1.29, 1.82) is 5.26 Å². The second kappa shape index (κ2) is 4.31. The van der Waals surface area contributed by atoms with Crippen molar-refractivity contribution in [2.75, 3.05) is 0 Å². The Morgan fingerprint density at radius 1 is 1.14 bits per heavy atom. The Hall–Kier alpha value is -1.38. The summed E-state index contributed by atoms with van der Waals surface area (Å²) in [6.45, 7) is 7.75. The summed E-state index contributed by atoms with van der Waals surface area (Å²) in [7, 11) is -0.732. The summed E-state index contributed by atoms with van der Waals surface area (Å²) in [5.74, 6) is -0.366. The predicted octanol–water partition coefficient (Wildman–Crippen LogP) is 2.68. The maximum absolute atomic E-state index is 14.8. The van der Waals surface area contributed by atoms with Crippen LogP contribution in [-0.2, 0) is 14.7 Å². The van der Waals surface area contributed by atoms with Crippen LogP contribution in [0.5, 0.6) is 0 Å². The van der Waals surface area contributed by atoms with Crippen LogP contribution in [0.3, 0.4) is 0 Å². The number of hydrogen-bond acceptors (Lipinski definition) is 3. The van der Waals surface area contributed by atoms with Crippen molar-refractivity contribution in [3.8, 4) is 6.07 Å². The fraction of sp³-hybridized carbons (Fsp3) is 0.562. The molecule has 0 aromatic heterocycles. The van der Waals surface area contributed by atoms with Gasteiger partial charge in [-0.1, -0.05) is 18.2 Å². The number of nitrogens with zero attached hydrogens (tertiary/aromatic N) is 1. The van der Waals surface area contributed by atoms with Gasteiger partial charge in [0.1, 0.15) is 5.82 Å². The van der Waals surface area contributed by atoms with E-state index in [2.05, 4.69) is 6.07 Å². The van der Waals surface area contributed by atoms with Crippen molar-refractivity contribution >= 4 is 12.6 Å². The van der Waals surface area contributed by atoms with E-state index < -0.39 is 23.7 Å². The van der Waals surface area contributed by atoms with Gasteiger partial charge in [0.2, 0.25) is 0 Å². The van der Waals surface area contributed by atoms with E-state index in [1.165, 1.54) is 0 Å². The third-order valence-electron chi connectivity index (χ3n) is 5.02. The van der Waals surface area contributed by atoms with E-state index in [0.29, 0.717) is 23.9 Å². The molecule has 0 radical (unpaired) electrons. The maximum Gasteiger partial charge on any atom is 0.497 e. The van der Waals surface area contributed by atoms with E-state index in [1.54, 1.807) is 18.2 Å². The van der Waals surface area contributed by atoms with Gasteiger partial charge in [0.05, 0.1) is 22.7 Å². The molecule has 0 spiro atoms. The maximum atomic E-state index is 14.8. The quantitative estimate of drug-likeness (QED) is 0.785. The summed E-state index contributed by atoms with van der Waals surface area (Å²) >= 11 is 0. The SMILES string of the molecule is CC1(C)OB(c2cccc(C3(C#N)CC3)c2F)OC1(C)C. The van der Waals surface area contributed by atoms with Crippen molar-refractivity contribution in [1.82, 2.24) is 0 Å². The molecular formula is C16H19BFNO2. The van der Waals surface area contributed by atoms with Crippen molar-refractivity contribution in [3.05, 3.63) is 29.6 Å². The molecule has 1 aromatic carbocycles. The van der Waals surface area contributed by atoms with Crippen LogP contribution >= 0.6 is 0 Å². The fourth-order valence-corrected chi connectivity index (χ4v) is 2.64. The number of benzene rings is 1. The Morgan fingerprint density at radius 2 is 1.71 bits per heavy atom. The lowest BCUT2D eigenvalue weighted by Crippen LogP contribution is -2.41. The molecule has 1 heterocycles. The van der Waals surface area contributed by atoms with Crippen LogP contribution in [0.1, 0.15) is 46.1 Å². The third kappa shape index (κ3) is 2.09. The lowest BCUT2D eigenvalue weighted by atomic mass is 9.76. The highest BCUT2D eigenvalue weighted by Crippen LogP contribution is 2.48. The van der Waals surface area contributed by atoms with Gasteiger partial charge < -0.3 is 9.31 Å². The van der Waals surface area contributed by atoms with Gasteiger partial charge in [-0.3, -0.25) is 0 Å². The molecule has 1 saturated carbocycles. The molecule has 110 valence electrons. The molecular weight excluding hydrogens is 268 g/mol. The van der Waals surface area contributed by atoms with Gasteiger partial charge >= 0.3 is 7.12 Å². The Bertz CT molecular complexity index is 616. The summed E-state index contributed by atoms with van der Waals surface area (Å²) < 4.78 is 26.7. The molecule has 3 rings (SSSR count). The van der Waals surface area contributed by atoms with E-state index in [-0.39, 0.29) is 5.82 Å².